The Morgan fingerprint density at radius 2 is 2.03 bits per heavy atom. The molecule has 1 aliphatic heterocycles. The minimum Gasteiger partial charge on any atom is -0.683 e. The van der Waals surface area contributed by atoms with E-state index in [1.807, 2.05) is 36.6 Å². The summed E-state index contributed by atoms with van der Waals surface area (Å²) in [6.45, 7) is 0.632. The Bertz CT molecular complexity index is 1430. The Morgan fingerprint density at radius 3 is 2.79 bits per heavy atom. The van der Waals surface area contributed by atoms with Gasteiger partial charge in [0.25, 0.3) is 0 Å². The second kappa shape index (κ2) is 12.6. The van der Waals surface area contributed by atoms with Crippen LogP contribution in [0.4, 0.5) is 10.1 Å². The number of methoxy groups -OCH3 is 1. The van der Waals surface area contributed by atoms with E-state index in [2.05, 4.69) is 20.6 Å². The quantitative estimate of drug-likeness (QED) is 0.159. The molecule has 1 unspecified atom stereocenters. The predicted octanol–water partition coefficient (Wildman–Crippen LogP) is 6.47. The summed E-state index contributed by atoms with van der Waals surface area (Å²) in [6, 6.07) is 14.6. The van der Waals surface area contributed by atoms with Crippen molar-refractivity contribution >= 4 is 34.3 Å². The maximum atomic E-state index is 13.5. The molecule has 1 amide bonds. The summed E-state index contributed by atoms with van der Waals surface area (Å²) in [5, 5.41) is 8.85. The molecule has 1 atom stereocenters. The van der Waals surface area contributed by atoms with Crippen LogP contribution in [0.5, 0.6) is 5.88 Å². The standard InChI is InChI=1S/C28H29FN5O2S.Y/c1-36-26-20(15-18-7-3-4-8-21(18)32-26)23-17-31-27(33-23)28(13-11-25(35)34-28)12-5-6-14-30-22-10-9-19(29)16-24(22)37-2;/h3-4,7-10,15-17H,5-6,11-14H2,1-2H3,(H,31,33)(H,34,35);/q-1;. The van der Waals surface area contributed by atoms with Crippen LogP contribution >= 0.6 is 11.8 Å². The minimum absolute atomic E-state index is 0. The molecule has 7 nitrogen and oxygen atoms in total. The number of rotatable bonds is 10. The van der Waals surface area contributed by atoms with Crippen LogP contribution in [-0.4, -0.2) is 40.8 Å². The molecule has 3 heterocycles. The summed E-state index contributed by atoms with van der Waals surface area (Å²) in [4.78, 5) is 25.9. The molecule has 5 rings (SSSR count). The van der Waals surface area contributed by atoms with Crippen molar-refractivity contribution in [1.29, 1.82) is 0 Å². The Balaban J connectivity index is 0.00000336. The zero-order valence-corrected chi connectivity index (χ0v) is 25.1. The van der Waals surface area contributed by atoms with Crippen LogP contribution < -0.4 is 10.1 Å². The molecular weight excluding hydrogens is 578 g/mol. The number of unbranched alkanes of at least 4 members (excludes halogenated alkanes) is 1. The third-order valence-electron chi connectivity index (χ3n) is 6.79. The van der Waals surface area contributed by atoms with Gasteiger partial charge in [0, 0.05) is 44.5 Å². The number of fused-ring (bicyclic) bond motifs is 1. The van der Waals surface area contributed by atoms with E-state index in [-0.39, 0.29) is 44.4 Å². The van der Waals surface area contributed by atoms with Crippen LogP contribution in [0.3, 0.4) is 0 Å². The van der Waals surface area contributed by atoms with Crippen LogP contribution in [0, 0.1) is 5.82 Å². The number of aromatic nitrogens is 3. The van der Waals surface area contributed by atoms with Gasteiger partial charge in [0.15, 0.2) is 0 Å². The third-order valence-corrected chi connectivity index (χ3v) is 7.56. The smallest absolute Gasteiger partial charge is 0.223 e. The number of amides is 1. The molecule has 2 N–H and O–H groups in total. The SMILES string of the molecule is COc1nc2ccccc2cc1-c1cnc(C2(CCCC[N-]c3ccc(F)cc3SC)CCC(=O)N2)[nH]1.[Y]. The zero-order valence-electron chi connectivity index (χ0n) is 21.5. The van der Waals surface area contributed by atoms with Crippen molar-refractivity contribution in [2.75, 3.05) is 19.9 Å². The fourth-order valence-electron chi connectivity index (χ4n) is 4.87. The van der Waals surface area contributed by atoms with E-state index in [4.69, 9.17) is 9.72 Å². The number of halogens is 1. The van der Waals surface area contributed by atoms with Gasteiger partial charge in [0.2, 0.25) is 11.8 Å². The Labute approximate surface area is 251 Å². The first kappa shape index (κ1) is 28.5. The van der Waals surface area contributed by atoms with E-state index < -0.39 is 5.54 Å². The van der Waals surface area contributed by atoms with Crippen molar-refractivity contribution < 1.29 is 46.6 Å². The molecule has 195 valence electrons. The van der Waals surface area contributed by atoms with E-state index >= 15 is 0 Å². The number of H-pyrrole nitrogens is 1. The summed E-state index contributed by atoms with van der Waals surface area (Å²) in [7, 11) is 1.61. The van der Waals surface area contributed by atoms with Crippen LogP contribution in [0.15, 0.2) is 59.6 Å². The minimum atomic E-state index is -0.548. The molecule has 0 spiro atoms. The van der Waals surface area contributed by atoms with Crippen molar-refractivity contribution in [2.24, 2.45) is 0 Å². The topological polar surface area (TPSA) is 94.0 Å². The van der Waals surface area contributed by atoms with Gasteiger partial charge in [-0.2, -0.15) is 0 Å². The number of nitrogens with one attached hydrogen (secondary N) is 2. The summed E-state index contributed by atoms with van der Waals surface area (Å²) in [5.41, 5.74) is 2.74. The summed E-state index contributed by atoms with van der Waals surface area (Å²) in [5.74, 6) is 1.04. The first-order chi connectivity index (χ1) is 18.0. The third kappa shape index (κ3) is 6.05. The number of hydrogen-bond acceptors (Lipinski definition) is 5. The summed E-state index contributed by atoms with van der Waals surface area (Å²) >= 11 is 1.49. The molecule has 2 aromatic carbocycles. The average Bonchev–Trinajstić information content (AvgIpc) is 3.56. The number of imidazole rings is 1. The van der Waals surface area contributed by atoms with Gasteiger partial charge < -0.3 is 20.4 Å². The largest absolute Gasteiger partial charge is 0.683 e. The van der Waals surface area contributed by atoms with Crippen LogP contribution in [-0.2, 0) is 43.0 Å². The molecule has 1 saturated heterocycles. The second-order valence-electron chi connectivity index (χ2n) is 9.17. The van der Waals surface area contributed by atoms with E-state index in [0.717, 1.165) is 57.8 Å². The van der Waals surface area contributed by atoms with Crippen LogP contribution in [0.2, 0.25) is 0 Å². The van der Waals surface area contributed by atoms with Gasteiger partial charge in [0.05, 0.1) is 35.6 Å². The van der Waals surface area contributed by atoms with Crippen molar-refractivity contribution in [2.45, 2.75) is 42.5 Å². The van der Waals surface area contributed by atoms with Gasteiger partial charge in [-0.25, -0.2) is 14.4 Å². The Morgan fingerprint density at radius 1 is 1.18 bits per heavy atom. The molecule has 1 radical (unpaired) electrons. The maximum Gasteiger partial charge on any atom is 0.223 e. The molecule has 0 aliphatic carbocycles. The number of para-hydroxylation sites is 1. The molecule has 0 bridgehead atoms. The van der Waals surface area contributed by atoms with Crippen LogP contribution in [0.1, 0.15) is 37.9 Å². The number of carbonyl (C=O) groups is 1. The number of thioether (sulfide) groups is 1. The predicted molar refractivity (Wildman–Crippen MR) is 145 cm³/mol. The molecule has 4 aromatic rings. The zero-order chi connectivity index (χ0) is 25.8. The average molecular weight is 608 g/mol. The molecule has 38 heavy (non-hydrogen) atoms. The number of nitrogens with zero attached hydrogens (tertiary/aromatic N) is 3. The fraction of sp³-hybridized carbons (Fsp3) is 0.321. The van der Waals surface area contributed by atoms with E-state index in [9.17, 15) is 9.18 Å². The van der Waals surface area contributed by atoms with Crippen LogP contribution in [0.25, 0.3) is 27.5 Å². The van der Waals surface area contributed by atoms with E-state index in [1.165, 1.54) is 23.9 Å². The van der Waals surface area contributed by atoms with Crippen molar-refractivity contribution in [3.8, 4) is 17.1 Å². The van der Waals surface area contributed by atoms with Gasteiger partial charge in [-0.05, 0) is 48.3 Å². The van der Waals surface area contributed by atoms with Gasteiger partial charge in [0.1, 0.15) is 11.6 Å². The van der Waals surface area contributed by atoms with Gasteiger partial charge >= 0.3 is 0 Å². The number of benzene rings is 2. The molecule has 1 fully saturated rings. The van der Waals surface area contributed by atoms with E-state index in [0.29, 0.717) is 25.3 Å². The maximum absolute atomic E-state index is 13.5. The number of hydrogen-bond donors (Lipinski definition) is 2. The summed E-state index contributed by atoms with van der Waals surface area (Å²) in [6.07, 6.45) is 7.29. The normalized spacial score (nSPS) is 16.8. The molecule has 10 heteroatoms. The Hall–Kier alpha value is -2.49. The molecule has 0 saturated carbocycles. The van der Waals surface area contributed by atoms with Gasteiger partial charge in [-0.15, -0.1) is 24.0 Å². The van der Waals surface area contributed by atoms with Crippen molar-refractivity contribution in [3.63, 3.8) is 0 Å². The number of carbonyl (C=O) groups excluding carboxylic acids is 1. The second-order valence-corrected chi connectivity index (χ2v) is 10.0. The van der Waals surface area contributed by atoms with Crippen molar-refractivity contribution in [3.05, 3.63) is 71.7 Å². The first-order valence-electron chi connectivity index (χ1n) is 12.3. The fourth-order valence-corrected chi connectivity index (χ4v) is 5.44. The Kier molecular flexibility index (Phi) is 9.44. The number of aromatic amines is 1. The first-order valence-corrected chi connectivity index (χ1v) is 13.6. The molecule has 2 aromatic heterocycles. The van der Waals surface area contributed by atoms with Gasteiger partial charge in [-0.1, -0.05) is 37.1 Å². The monoisotopic (exact) mass is 607 g/mol. The summed E-state index contributed by atoms with van der Waals surface area (Å²) < 4.78 is 19.1. The molecule has 1 aliphatic rings. The van der Waals surface area contributed by atoms with Crippen molar-refractivity contribution in [1.82, 2.24) is 20.3 Å². The number of ether oxygens (including phenoxy) is 1. The van der Waals surface area contributed by atoms with Gasteiger partial charge in [-0.3, -0.25) is 4.79 Å². The number of pyridine rings is 1. The van der Waals surface area contributed by atoms with E-state index in [1.54, 1.807) is 19.4 Å². The molecular formula is C28H29FN5O2SY-.